The number of rotatable bonds is 11. The van der Waals surface area contributed by atoms with Gasteiger partial charge in [0.25, 0.3) is 0 Å². The molecular weight excluding hydrogens is 406 g/mol. The van der Waals surface area contributed by atoms with Crippen molar-refractivity contribution >= 4 is 11.6 Å². The van der Waals surface area contributed by atoms with E-state index in [2.05, 4.69) is 87.2 Å². The number of amides is 1. The lowest BCUT2D eigenvalue weighted by Gasteiger charge is -2.32. The van der Waals surface area contributed by atoms with E-state index in [0.717, 1.165) is 51.7 Å². The highest BCUT2D eigenvalue weighted by atomic mass is 16.2. The molecule has 0 aliphatic carbocycles. The van der Waals surface area contributed by atoms with E-state index in [9.17, 15) is 4.79 Å². The average molecular weight is 450 g/mol. The first-order chi connectivity index (χ1) is 15.8. The molecule has 1 fully saturated rings. The monoisotopic (exact) mass is 449 g/mol. The Morgan fingerprint density at radius 3 is 2.21 bits per heavy atom. The first-order valence-electron chi connectivity index (χ1n) is 12.8. The smallest absolute Gasteiger partial charge is 0.239 e. The number of nitrogens with zero attached hydrogens (tertiary/aromatic N) is 2. The molecule has 1 heterocycles. The van der Waals surface area contributed by atoms with Crippen molar-refractivity contribution in [2.24, 2.45) is 17.6 Å². The largest absolute Gasteiger partial charge is 0.367 e. The number of likely N-dealkylation sites (tertiary alicyclic amines) is 1. The summed E-state index contributed by atoms with van der Waals surface area (Å²) in [5.41, 5.74) is 10.2. The van der Waals surface area contributed by atoms with E-state index >= 15 is 0 Å². The van der Waals surface area contributed by atoms with Gasteiger partial charge in [0, 0.05) is 31.4 Å². The summed E-state index contributed by atoms with van der Waals surface area (Å²) in [6.45, 7) is 11.4. The number of benzene rings is 2. The van der Waals surface area contributed by atoms with Crippen LogP contribution in [0.5, 0.6) is 0 Å². The maximum Gasteiger partial charge on any atom is 0.239 e. The normalized spacial score (nSPS) is 17.1. The summed E-state index contributed by atoms with van der Waals surface area (Å²) in [5.74, 6) is 1.20. The first kappa shape index (κ1) is 25.3. The van der Waals surface area contributed by atoms with E-state index in [1.54, 1.807) is 0 Å². The van der Waals surface area contributed by atoms with Crippen LogP contribution in [-0.4, -0.2) is 42.5 Å². The van der Waals surface area contributed by atoms with Gasteiger partial charge in [0.15, 0.2) is 0 Å². The molecule has 0 bridgehead atoms. The number of aryl methyl sites for hydroxylation is 2. The van der Waals surface area contributed by atoms with Crippen LogP contribution in [0.15, 0.2) is 54.6 Å². The van der Waals surface area contributed by atoms with Gasteiger partial charge >= 0.3 is 0 Å². The van der Waals surface area contributed by atoms with Gasteiger partial charge in [0.05, 0.1) is 6.04 Å². The molecule has 0 spiro atoms. The van der Waals surface area contributed by atoms with E-state index in [4.69, 9.17) is 5.73 Å². The fraction of sp³-hybridized carbons (Fsp3) is 0.552. The van der Waals surface area contributed by atoms with E-state index in [0.29, 0.717) is 17.9 Å². The molecule has 2 aromatic rings. The zero-order valence-corrected chi connectivity index (χ0v) is 21.0. The van der Waals surface area contributed by atoms with Gasteiger partial charge < -0.3 is 15.5 Å². The van der Waals surface area contributed by atoms with Gasteiger partial charge in [-0.3, -0.25) is 4.79 Å². The third kappa shape index (κ3) is 7.60. The van der Waals surface area contributed by atoms with Gasteiger partial charge in [-0.15, -0.1) is 0 Å². The van der Waals surface area contributed by atoms with Crippen molar-refractivity contribution < 1.29 is 4.79 Å². The summed E-state index contributed by atoms with van der Waals surface area (Å²) in [7, 11) is 0. The van der Waals surface area contributed by atoms with Gasteiger partial charge in [0.1, 0.15) is 0 Å². The number of carbonyl (C=O) groups excluding carboxylic acids is 1. The number of hydrogen-bond acceptors (Lipinski definition) is 3. The highest BCUT2D eigenvalue weighted by Crippen LogP contribution is 2.26. The van der Waals surface area contributed by atoms with Gasteiger partial charge in [-0.2, -0.15) is 0 Å². The van der Waals surface area contributed by atoms with Crippen LogP contribution in [0.1, 0.15) is 58.1 Å². The Balaban J connectivity index is 1.65. The van der Waals surface area contributed by atoms with E-state index in [1.165, 1.54) is 16.8 Å². The molecule has 180 valence electrons. The molecule has 0 radical (unpaired) electrons. The maximum absolute atomic E-state index is 12.9. The van der Waals surface area contributed by atoms with E-state index in [-0.39, 0.29) is 11.9 Å². The van der Waals surface area contributed by atoms with Crippen LogP contribution in [-0.2, 0) is 17.6 Å². The van der Waals surface area contributed by atoms with Crippen molar-refractivity contribution in [3.8, 4) is 0 Å². The predicted molar refractivity (Wildman–Crippen MR) is 140 cm³/mol. The summed E-state index contributed by atoms with van der Waals surface area (Å²) < 4.78 is 0. The lowest BCUT2D eigenvalue weighted by Crippen LogP contribution is -2.45. The van der Waals surface area contributed by atoms with Gasteiger partial charge in [-0.25, -0.2) is 0 Å². The Labute approximate surface area is 201 Å². The molecular formula is C29H43N3O. The topological polar surface area (TPSA) is 49.6 Å². The summed E-state index contributed by atoms with van der Waals surface area (Å²) in [5, 5.41) is 0. The highest BCUT2D eigenvalue weighted by Gasteiger charge is 2.32. The summed E-state index contributed by atoms with van der Waals surface area (Å²) in [6.07, 6.45) is 5.02. The summed E-state index contributed by atoms with van der Waals surface area (Å²) >= 11 is 0. The van der Waals surface area contributed by atoms with Crippen molar-refractivity contribution in [2.45, 2.75) is 71.9 Å². The standard InChI is InChI=1S/C29H43N3O/c1-22(2)16-19-32(27-17-18-31(21-27)29(33)28(30)20-23(3)4)26-14-12-25(13-15-26)11-10-24-8-6-5-7-9-24/h5-9,12-15,22-23,27-28H,10-11,16-21,30H2,1-4H3. The second-order valence-electron chi connectivity index (χ2n) is 10.5. The Hall–Kier alpha value is -2.33. The van der Waals surface area contributed by atoms with Gasteiger partial charge in [-0.1, -0.05) is 70.2 Å². The van der Waals surface area contributed by atoms with Crippen molar-refractivity contribution in [3.05, 3.63) is 65.7 Å². The van der Waals surface area contributed by atoms with Crippen LogP contribution in [0.3, 0.4) is 0 Å². The molecule has 1 aliphatic rings. The molecule has 33 heavy (non-hydrogen) atoms. The van der Waals surface area contributed by atoms with Gasteiger partial charge in [0.2, 0.25) is 5.91 Å². The highest BCUT2D eigenvalue weighted by molar-refractivity contribution is 5.82. The van der Waals surface area contributed by atoms with Crippen LogP contribution in [0.25, 0.3) is 0 Å². The van der Waals surface area contributed by atoms with Crippen molar-refractivity contribution in [3.63, 3.8) is 0 Å². The number of anilines is 1. The van der Waals surface area contributed by atoms with Crippen LogP contribution >= 0.6 is 0 Å². The molecule has 3 rings (SSSR count). The molecule has 1 saturated heterocycles. The van der Waals surface area contributed by atoms with E-state index < -0.39 is 0 Å². The minimum atomic E-state index is -0.378. The van der Waals surface area contributed by atoms with Crippen LogP contribution < -0.4 is 10.6 Å². The molecule has 0 aromatic heterocycles. The Kier molecular flexibility index (Phi) is 9.37. The fourth-order valence-corrected chi connectivity index (χ4v) is 4.75. The minimum absolute atomic E-state index is 0.117. The third-order valence-corrected chi connectivity index (χ3v) is 6.72. The lowest BCUT2D eigenvalue weighted by atomic mass is 10.0. The van der Waals surface area contributed by atoms with Crippen LogP contribution in [0.2, 0.25) is 0 Å². The Morgan fingerprint density at radius 2 is 1.61 bits per heavy atom. The average Bonchev–Trinajstić information content (AvgIpc) is 3.28. The van der Waals surface area contributed by atoms with Crippen molar-refractivity contribution in [1.82, 2.24) is 4.90 Å². The SMILES string of the molecule is CC(C)CCN(c1ccc(CCc2ccccc2)cc1)C1CCN(C(=O)C(N)CC(C)C)C1. The second-order valence-corrected chi connectivity index (χ2v) is 10.5. The molecule has 2 aromatic carbocycles. The zero-order chi connectivity index (χ0) is 23.8. The third-order valence-electron chi connectivity index (χ3n) is 6.72. The Bertz CT molecular complexity index is 847. The maximum atomic E-state index is 12.9. The van der Waals surface area contributed by atoms with Crippen molar-refractivity contribution in [2.75, 3.05) is 24.5 Å². The van der Waals surface area contributed by atoms with Crippen LogP contribution in [0.4, 0.5) is 5.69 Å². The van der Waals surface area contributed by atoms with E-state index in [1.807, 2.05) is 4.90 Å². The van der Waals surface area contributed by atoms with Crippen molar-refractivity contribution in [1.29, 1.82) is 0 Å². The predicted octanol–water partition coefficient (Wildman–Crippen LogP) is 5.30. The molecule has 1 aliphatic heterocycles. The minimum Gasteiger partial charge on any atom is -0.367 e. The summed E-state index contributed by atoms with van der Waals surface area (Å²) in [4.78, 5) is 17.4. The first-order valence-corrected chi connectivity index (χ1v) is 12.8. The number of carbonyl (C=O) groups is 1. The second kappa shape index (κ2) is 12.2. The molecule has 2 atom stereocenters. The fourth-order valence-electron chi connectivity index (χ4n) is 4.75. The van der Waals surface area contributed by atoms with Gasteiger partial charge in [-0.05, 0) is 67.2 Å². The molecule has 2 unspecified atom stereocenters. The van der Waals surface area contributed by atoms with Crippen LogP contribution in [0, 0.1) is 11.8 Å². The molecule has 1 amide bonds. The molecule has 4 nitrogen and oxygen atoms in total. The molecule has 0 saturated carbocycles. The summed E-state index contributed by atoms with van der Waals surface area (Å²) in [6, 6.07) is 19.8. The zero-order valence-electron chi connectivity index (χ0n) is 21.0. The Morgan fingerprint density at radius 1 is 0.970 bits per heavy atom. The number of nitrogens with two attached hydrogens (primary N) is 1. The number of hydrogen-bond donors (Lipinski definition) is 1. The molecule has 4 heteroatoms. The lowest BCUT2D eigenvalue weighted by molar-refractivity contribution is -0.131. The molecule has 2 N–H and O–H groups in total. The quantitative estimate of drug-likeness (QED) is 0.506.